The van der Waals surface area contributed by atoms with Crippen LogP contribution < -0.4 is 4.74 Å². The number of carboxylic acid groups (broad SMARTS) is 1. The van der Waals surface area contributed by atoms with Crippen LogP contribution >= 0.6 is 11.8 Å². The summed E-state index contributed by atoms with van der Waals surface area (Å²) in [4.78, 5) is 22.2. The molecule has 3 heterocycles. The van der Waals surface area contributed by atoms with Gasteiger partial charge in [-0.15, -0.1) is 0 Å². The molecule has 1 aromatic carbocycles. The number of carbonyl (C=O) groups is 1. The second-order valence-electron chi connectivity index (χ2n) is 9.37. The Morgan fingerprint density at radius 1 is 1.28 bits per heavy atom. The van der Waals surface area contributed by atoms with Crippen molar-refractivity contribution >= 4 is 28.6 Å². The third-order valence-electron chi connectivity index (χ3n) is 7.07. The first-order chi connectivity index (χ1) is 17.5. The average molecular weight is 516 g/mol. The molecule has 9 heteroatoms. The quantitative estimate of drug-likeness (QED) is 0.219. The van der Waals surface area contributed by atoms with Gasteiger partial charge >= 0.3 is 5.97 Å². The maximum Gasteiger partial charge on any atom is 0.303 e. The van der Waals surface area contributed by atoms with E-state index < -0.39 is 12.1 Å². The van der Waals surface area contributed by atoms with Crippen LogP contribution in [0.2, 0.25) is 0 Å². The SMILES string of the molecule is COc1ccc2nccc([C@@H](F)CCC3CCN(CCCSc4ncco4)CC3CCC(=O)O)c2c1. The van der Waals surface area contributed by atoms with Crippen molar-refractivity contribution in [3.8, 4) is 5.75 Å². The van der Waals surface area contributed by atoms with Crippen molar-refractivity contribution in [1.29, 1.82) is 0 Å². The van der Waals surface area contributed by atoms with E-state index in [9.17, 15) is 9.90 Å². The second kappa shape index (κ2) is 13.1. The molecule has 0 aliphatic carbocycles. The fraction of sp³-hybridized carbons (Fsp3) is 0.519. The fourth-order valence-corrected chi connectivity index (χ4v) is 5.87. The number of fused-ring (bicyclic) bond motifs is 1. The monoisotopic (exact) mass is 515 g/mol. The van der Waals surface area contributed by atoms with Crippen molar-refractivity contribution in [2.24, 2.45) is 11.8 Å². The molecule has 194 valence electrons. The molecule has 3 atom stereocenters. The van der Waals surface area contributed by atoms with Crippen molar-refractivity contribution in [2.75, 3.05) is 32.5 Å². The van der Waals surface area contributed by atoms with Crippen LogP contribution in [-0.2, 0) is 4.79 Å². The minimum absolute atomic E-state index is 0.156. The Morgan fingerprint density at radius 3 is 2.94 bits per heavy atom. The molecule has 0 saturated carbocycles. The second-order valence-corrected chi connectivity index (χ2v) is 10.4. The minimum atomic E-state index is -1.10. The van der Waals surface area contributed by atoms with E-state index in [-0.39, 0.29) is 12.3 Å². The number of nitrogens with zero attached hydrogens (tertiary/aromatic N) is 3. The first-order valence-corrected chi connectivity index (χ1v) is 13.5. The molecule has 4 rings (SSSR count). The lowest BCUT2D eigenvalue weighted by atomic mass is 9.79. The molecule has 3 aromatic rings. The van der Waals surface area contributed by atoms with Gasteiger partial charge in [-0.25, -0.2) is 9.37 Å². The highest BCUT2D eigenvalue weighted by Gasteiger charge is 2.30. The number of piperidine rings is 1. The van der Waals surface area contributed by atoms with Crippen LogP contribution in [0.1, 0.15) is 50.3 Å². The zero-order valence-corrected chi connectivity index (χ0v) is 21.5. The van der Waals surface area contributed by atoms with Crippen molar-refractivity contribution in [1.82, 2.24) is 14.9 Å². The lowest BCUT2D eigenvalue weighted by Crippen LogP contribution is -2.41. The normalized spacial score (nSPS) is 19.4. The highest BCUT2D eigenvalue weighted by atomic mass is 32.2. The molecule has 1 aliphatic heterocycles. The van der Waals surface area contributed by atoms with Gasteiger partial charge in [-0.1, -0.05) is 11.8 Å². The number of rotatable bonds is 13. The number of methoxy groups -OCH3 is 1. The first kappa shape index (κ1) is 26.4. The Bertz CT molecular complexity index is 1110. The predicted molar refractivity (Wildman–Crippen MR) is 138 cm³/mol. The molecule has 36 heavy (non-hydrogen) atoms. The Morgan fingerprint density at radius 2 is 2.17 bits per heavy atom. The molecule has 1 fully saturated rings. The van der Waals surface area contributed by atoms with Crippen LogP contribution in [0.15, 0.2) is 52.6 Å². The molecule has 2 unspecified atom stereocenters. The summed E-state index contributed by atoms with van der Waals surface area (Å²) in [6.07, 6.45) is 7.70. The lowest BCUT2D eigenvalue weighted by molar-refractivity contribution is -0.137. The van der Waals surface area contributed by atoms with Gasteiger partial charge in [-0.3, -0.25) is 9.78 Å². The molecule has 0 bridgehead atoms. The van der Waals surface area contributed by atoms with E-state index in [0.717, 1.165) is 55.6 Å². The Hall–Kier alpha value is -2.65. The number of halogens is 1. The van der Waals surface area contributed by atoms with Crippen LogP contribution in [0.4, 0.5) is 4.39 Å². The van der Waals surface area contributed by atoms with Gasteiger partial charge in [0, 0.05) is 30.3 Å². The van der Waals surface area contributed by atoms with Crippen LogP contribution in [0, 0.1) is 11.8 Å². The predicted octanol–water partition coefficient (Wildman–Crippen LogP) is 6.01. The number of hydrogen-bond acceptors (Lipinski definition) is 7. The first-order valence-electron chi connectivity index (χ1n) is 12.6. The zero-order chi connectivity index (χ0) is 25.3. The number of thioether (sulfide) groups is 1. The number of benzene rings is 1. The van der Waals surface area contributed by atoms with Gasteiger partial charge in [0.15, 0.2) is 0 Å². The summed E-state index contributed by atoms with van der Waals surface area (Å²) in [7, 11) is 1.60. The largest absolute Gasteiger partial charge is 0.497 e. The lowest BCUT2D eigenvalue weighted by Gasteiger charge is -2.39. The van der Waals surface area contributed by atoms with Gasteiger partial charge in [-0.05, 0) is 86.9 Å². The number of pyridine rings is 1. The van der Waals surface area contributed by atoms with Gasteiger partial charge in [0.2, 0.25) is 0 Å². The summed E-state index contributed by atoms with van der Waals surface area (Å²) in [6, 6.07) is 7.29. The Kier molecular flexibility index (Phi) is 9.58. The summed E-state index contributed by atoms with van der Waals surface area (Å²) < 4.78 is 26.1. The molecule has 7 nitrogen and oxygen atoms in total. The summed E-state index contributed by atoms with van der Waals surface area (Å²) in [5.41, 5.74) is 1.39. The standard InChI is InChI=1S/C27H34FN3O4S/c1-34-21-5-7-25-23(17-21)22(9-11-29-25)24(28)6-3-19-10-14-31(18-20(19)4-8-26(32)33)13-2-16-36-27-30-12-15-35-27/h5,7,9,11-12,15,17,19-20,24H,2-4,6,8,10,13-14,16,18H2,1H3,(H,32,33)/t19?,20?,24-/m0/s1. The third kappa shape index (κ3) is 7.20. The zero-order valence-electron chi connectivity index (χ0n) is 20.6. The highest BCUT2D eigenvalue weighted by Crippen LogP contribution is 2.36. The minimum Gasteiger partial charge on any atom is -0.497 e. The molecular weight excluding hydrogens is 481 g/mol. The van der Waals surface area contributed by atoms with Crippen molar-refractivity contribution in [3.63, 3.8) is 0 Å². The van der Waals surface area contributed by atoms with Crippen LogP contribution in [-0.4, -0.2) is 58.4 Å². The summed E-state index contributed by atoms with van der Waals surface area (Å²) >= 11 is 1.61. The van der Waals surface area contributed by atoms with Crippen LogP contribution in [0.3, 0.4) is 0 Å². The highest BCUT2D eigenvalue weighted by molar-refractivity contribution is 7.99. The molecule has 0 spiro atoms. The number of hydrogen-bond donors (Lipinski definition) is 1. The Labute approximate surface area is 215 Å². The molecular formula is C27H34FN3O4S. The maximum atomic E-state index is 15.5. The Balaban J connectivity index is 1.33. The van der Waals surface area contributed by atoms with Gasteiger partial charge in [0.1, 0.15) is 18.2 Å². The molecule has 1 saturated heterocycles. The van der Waals surface area contributed by atoms with Gasteiger partial charge in [0.05, 0.1) is 18.8 Å². The number of likely N-dealkylation sites (tertiary alicyclic amines) is 1. The topological polar surface area (TPSA) is 88.7 Å². The van der Waals surface area contributed by atoms with Crippen molar-refractivity contribution in [2.45, 2.75) is 49.9 Å². The van der Waals surface area contributed by atoms with Crippen LogP contribution in [0.5, 0.6) is 5.75 Å². The van der Waals surface area contributed by atoms with Crippen LogP contribution in [0.25, 0.3) is 10.9 Å². The van der Waals surface area contributed by atoms with Crippen molar-refractivity contribution < 1.29 is 23.4 Å². The molecule has 2 aromatic heterocycles. The number of oxazole rings is 1. The molecule has 1 aliphatic rings. The average Bonchev–Trinajstić information content (AvgIpc) is 3.42. The summed E-state index contributed by atoms with van der Waals surface area (Å²) in [6.45, 7) is 2.79. The number of alkyl halides is 1. The summed E-state index contributed by atoms with van der Waals surface area (Å²) in [5.74, 6) is 1.42. The molecule has 0 radical (unpaired) electrons. The third-order valence-corrected chi connectivity index (χ3v) is 8.01. The van der Waals surface area contributed by atoms with E-state index in [4.69, 9.17) is 9.15 Å². The summed E-state index contributed by atoms with van der Waals surface area (Å²) in [5, 5.41) is 10.7. The maximum absolute atomic E-state index is 15.5. The van der Waals surface area contributed by atoms with E-state index in [2.05, 4.69) is 14.9 Å². The van der Waals surface area contributed by atoms with E-state index in [0.29, 0.717) is 35.3 Å². The number of aromatic nitrogens is 2. The smallest absolute Gasteiger partial charge is 0.303 e. The van der Waals surface area contributed by atoms with E-state index in [1.54, 1.807) is 43.6 Å². The number of aliphatic carboxylic acids is 1. The molecule has 0 amide bonds. The number of ether oxygens (including phenoxy) is 1. The van der Waals surface area contributed by atoms with Gasteiger partial charge in [-0.2, -0.15) is 0 Å². The van der Waals surface area contributed by atoms with Gasteiger partial charge in [0.25, 0.3) is 5.22 Å². The van der Waals surface area contributed by atoms with E-state index in [1.165, 1.54) is 0 Å². The van der Waals surface area contributed by atoms with Crippen molar-refractivity contribution in [3.05, 3.63) is 48.5 Å². The van der Waals surface area contributed by atoms with E-state index in [1.807, 2.05) is 18.2 Å². The number of carboxylic acids is 1. The van der Waals surface area contributed by atoms with Gasteiger partial charge < -0.3 is 19.2 Å². The van der Waals surface area contributed by atoms with E-state index >= 15 is 4.39 Å². The fourth-order valence-electron chi connectivity index (χ4n) is 5.17. The molecule has 1 N–H and O–H groups in total.